The van der Waals surface area contributed by atoms with Crippen LogP contribution in [0.2, 0.25) is 0 Å². The summed E-state index contributed by atoms with van der Waals surface area (Å²) in [7, 11) is 0. The van der Waals surface area contributed by atoms with Crippen molar-refractivity contribution in [2.75, 3.05) is 24.6 Å². The van der Waals surface area contributed by atoms with Crippen molar-refractivity contribution in [3.8, 4) is 6.07 Å². The number of carbonyl (C=O) groups excluding carboxylic acids is 1. The van der Waals surface area contributed by atoms with E-state index in [-0.39, 0.29) is 30.6 Å². The molecular formula is C19H28N4O2. The molecule has 1 aromatic carbocycles. The highest BCUT2D eigenvalue weighted by Crippen LogP contribution is 2.20. The number of anilines is 1. The lowest BCUT2D eigenvalue weighted by molar-refractivity contribution is 0.214. The van der Waals surface area contributed by atoms with E-state index in [1.165, 1.54) is 0 Å². The van der Waals surface area contributed by atoms with Gasteiger partial charge in [-0.3, -0.25) is 0 Å². The summed E-state index contributed by atoms with van der Waals surface area (Å²) in [6.45, 7) is 5.90. The van der Waals surface area contributed by atoms with Gasteiger partial charge in [-0.1, -0.05) is 13.8 Å². The second-order valence-electron chi connectivity index (χ2n) is 6.90. The molecule has 0 radical (unpaired) electrons. The van der Waals surface area contributed by atoms with E-state index in [9.17, 15) is 4.79 Å². The zero-order valence-corrected chi connectivity index (χ0v) is 15.0. The monoisotopic (exact) mass is 344 g/mol. The molecule has 2 amide bonds. The van der Waals surface area contributed by atoms with Crippen molar-refractivity contribution in [3.63, 3.8) is 0 Å². The normalized spacial score (nSPS) is 16.4. The van der Waals surface area contributed by atoms with Crippen LogP contribution < -0.4 is 15.5 Å². The molecule has 1 aliphatic rings. The van der Waals surface area contributed by atoms with Gasteiger partial charge < -0.3 is 20.6 Å². The van der Waals surface area contributed by atoms with E-state index in [0.717, 1.165) is 31.6 Å². The number of urea groups is 1. The highest BCUT2D eigenvalue weighted by atomic mass is 16.3. The fourth-order valence-electron chi connectivity index (χ4n) is 3.14. The fraction of sp³-hybridized carbons (Fsp3) is 0.579. The molecule has 1 saturated heterocycles. The van der Waals surface area contributed by atoms with Crippen molar-refractivity contribution in [2.45, 2.75) is 45.2 Å². The van der Waals surface area contributed by atoms with E-state index >= 15 is 0 Å². The van der Waals surface area contributed by atoms with Crippen molar-refractivity contribution in [3.05, 3.63) is 29.8 Å². The summed E-state index contributed by atoms with van der Waals surface area (Å²) in [5.41, 5.74) is 1.78. The number of nitrogens with one attached hydrogen (secondary N) is 2. The summed E-state index contributed by atoms with van der Waals surface area (Å²) in [6, 6.07) is 9.75. The molecule has 3 N–H and O–H groups in total. The molecule has 0 bridgehead atoms. The molecule has 2 rings (SSSR count). The Kier molecular flexibility index (Phi) is 7.08. The average molecular weight is 344 g/mol. The van der Waals surface area contributed by atoms with Gasteiger partial charge >= 0.3 is 6.03 Å². The molecule has 0 aromatic heterocycles. The van der Waals surface area contributed by atoms with Crippen LogP contribution >= 0.6 is 0 Å². The lowest BCUT2D eigenvalue weighted by Crippen LogP contribution is -2.51. The number of rotatable bonds is 6. The zero-order valence-electron chi connectivity index (χ0n) is 15.0. The topological polar surface area (TPSA) is 88.4 Å². The van der Waals surface area contributed by atoms with E-state index in [2.05, 4.69) is 21.6 Å². The van der Waals surface area contributed by atoms with Crippen molar-refractivity contribution in [1.29, 1.82) is 5.26 Å². The van der Waals surface area contributed by atoms with Gasteiger partial charge in [0, 0.05) is 37.5 Å². The van der Waals surface area contributed by atoms with Crippen LogP contribution in [0.1, 0.15) is 38.7 Å². The van der Waals surface area contributed by atoms with Crippen molar-refractivity contribution in [2.24, 2.45) is 5.92 Å². The summed E-state index contributed by atoms with van der Waals surface area (Å²) in [5.74, 6) is 0.288. The van der Waals surface area contributed by atoms with Crippen LogP contribution in [0.25, 0.3) is 0 Å². The van der Waals surface area contributed by atoms with Crippen LogP contribution in [0.15, 0.2) is 24.3 Å². The molecule has 6 nitrogen and oxygen atoms in total. The van der Waals surface area contributed by atoms with Crippen molar-refractivity contribution >= 4 is 11.7 Å². The minimum atomic E-state index is -0.149. The average Bonchev–Trinajstić information content (AvgIpc) is 2.62. The smallest absolute Gasteiger partial charge is 0.315 e. The van der Waals surface area contributed by atoms with Gasteiger partial charge in [0.05, 0.1) is 11.6 Å². The molecule has 0 spiro atoms. The van der Waals surface area contributed by atoms with Gasteiger partial charge in [0.2, 0.25) is 0 Å². The molecule has 1 atom stereocenters. The number of aliphatic hydroxyl groups is 1. The molecular weight excluding hydrogens is 316 g/mol. The Morgan fingerprint density at radius 1 is 1.32 bits per heavy atom. The molecule has 0 saturated carbocycles. The minimum absolute atomic E-state index is 0.0104. The molecule has 1 aromatic rings. The SMILES string of the molecule is CC(C)C(CCO)NC(=O)NC1CCN(c2ccc(C#N)cc2)CC1. The second-order valence-corrected chi connectivity index (χ2v) is 6.90. The third-order valence-corrected chi connectivity index (χ3v) is 4.75. The molecule has 1 fully saturated rings. The minimum Gasteiger partial charge on any atom is -0.396 e. The molecule has 0 aliphatic carbocycles. The Morgan fingerprint density at radius 3 is 2.48 bits per heavy atom. The highest BCUT2D eigenvalue weighted by molar-refractivity contribution is 5.74. The highest BCUT2D eigenvalue weighted by Gasteiger charge is 2.22. The first-order valence-electron chi connectivity index (χ1n) is 8.96. The van der Waals surface area contributed by atoms with Crippen molar-refractivity contribution < 1.29 is 9.90 Å². The third kappa shape index (κ3) is 5.64. The second kappa shape index (κ2) is 9.28. The van der Waals surface area contributed by atoms with Crippen LogP contribution in [0.4, 0.5) is 10.5 Å². The van der Waals surface area contributed by atoms with Gasteiger partial charge in [-0.2, -0.15) is 5.26 Å². The van der Waals surface area contributed by atoms with Crippen LogP contribution in [0.3, 0.4) is 0 Å². The fourth-order valence-corrected chi connectivity index (χ4v) is 3.14. The standard InChI is InChI=1S/C19H28N4O2/c1-14(2)18(9-12-24)22-19(25)21-16-7-10-23(11-8-16)17-5-3-15(13-20)4-6-17/h3-6,14,16,18,24H,7-12H2,1-2H3,(H2,21,22,25). The summed E-state index contributed by atoms with van der Waals surface area (Å²) in [6.07, 6.45) is 2.35. The number of benzene rings is 1. The van der Waals surface area contributed by atoms with Gasteiger partial charge in [0.25, 0.3) is 0 Å². The number of hydrogen-bond donors (Lipinski definition) is 3. The predicted octanol–water partition coefficient (Wildman–Crippen LogP) is 2.23. The van der Waals surface area contributed by atoms with Gasteiger partial charge in [-0.25, -0.2) is 4.79 Å². The maximum Gasteiger partial charge on any atom is 0.315 e. The Morgan fingerprint density at radius 2 is 1.96 bits per heavy atom. The summed E-state index contributed by atoms with van der Waals surface area (Å²) in [5, 5.41) is 24.0. The number of carbonyl (C=O) groups is 1. The molecule has 1 heterocycles. The largest absolute Gasteiger partial charge is 0.396 e. The number of amides is 2. The van der Waals surface area contributed by atoms with E-state index in [4.69, 9.17) is 10.4 Å². The van der Waals surface area contributed by atoms with E-state index in [1.54, 1.807) is 0 Å². The summed E-state index contributed by atoms with van der Waals surface area (Å²) in [4.78, 5) is 14.5. The number of piperidine rings is 1. The Bertz CT molecular complexity index is 586. The van der Waals surface area contributed by atoms with Gasteiger partial charge in [-0.05, 0) is 49.4 Å². The van der Waals surface area contributed by atoms with Crippen molar-refractivity contribution in [1.82, 2.24) is 10.6 Å². The summed E-state index contributed by atoms with van der Waals surface area (Å²) >= 11 is 0. The van der Waals surface area contributed by atoms with E-state index in [1.807, 2.05) is 38.1 Å². The molecule has 1 unspecified atom stereocenters. The van der Waals surface area contributed by atoms with Gasteiger partial charge in [-0.15, -0.1) is 0 Å². The van der Waals surface area contributed by atoms with Gasteiger partial charge in [0.1, 0.15) is 0 Å². The first-order valence-corrected chi connectivity index (χ1v) is 8.96. The first-order chi connectivity index (χ1) is 12.0. The quantitative estimate of drug-likeness (QED) is 0.738. The number of hydrogen-bond acceptors (Lipinski definition) is 4. The van der Waals surface area contributed by atoms with Crippen LogP contribution in [-0.2, 0) is 0 Å². The molecule has 25 heavy (non-hydrogen) atoms. The maximum atomic E-state index is 12.2. The van der Waals surface area contributed by atoms with E-state index in [0.29, 0.717) is 12.0 Å². The Labute approximate surface area is 149 Å². The molecule has 1 aliphatic heterocycles. The number of nitrogens with zero attached hydrogens (tertiary/aromatic N) is 2. The number of aliphatic hydroxyl groups excluding tert-OH is 1. The van der Waals surface area contributed by atoms with Gasteiger partial charge in [0.15, 0.2) is 0 Å². The number of nitriles is 1. The van der Waals surface area contributed by atoms with E-state index < -0.39 is 0 Å². The lowest BCUT2D eigenvalue weighted by atomic mass is 10.0. The maximum absolute atomic E-state index is 12.2. The van der Waals surface area contributed by atoms with Crippen LogP contribution in [0.5, 0.6) is 0 Å². The third-order valence-electron chi connectivity index (χ3n) is 4.75. The van der Waals surface area contributed by atoms with Crippen LogP contribution in [-0.4, -0.2) is 42.9 Å². The summed E-state index contributed by atoms with van der Waals surface area (Å²) < 4.78 is 0. The Hall–Kier alpha value is -2.26. The predicted molar refractivity (Wildman–Crippen MR) is 98.4 cm³/mol. The Balaban J connectivity index is 1.79. The first kappa shape index (κ1) is 19.1. The van der Waals surface area contributed by atoms with Crippen LogP contribution in [0, 0.1) is 17.2 Å². The molecule has 6 heteroatoms. The lowest BCUT2D eigenvalue weighted by Gasteiger charge is -2.34. The zero-order chi connectivity index (χ0) is 18.2. The molecule has 136 valence electrons.